The van der Waals surface area contributed by atoms with E-state index in [-0.39, 0.29) is 0 Å². The first-order valence-electron chi connectivity index (χ1n) is 18.2. The van der Waals surface area contributed by atoms with Crippen LogP contribution in [0.2, 0.25) is 26.2 Å². The van der Waals surface area contributed by atoms with Crippen molar-refractivity contribution in [3.63, 3.8) is 0 Å². The van der Waals surface area contributed by atoms with Gasteiger partial charge in [-0.15, -0.1) is 0 Å². The van der Waals surface area contributed by atoms with Gasteiger partial charge in [-0.2, -0.15) is 0 Å². The Bertz CT molecular complexity index is 1600. The van der Waals surface area contributed by atoms with Crippen molar-refractivity contribution in [1.29, 1.82) is 0 Å². The lowest BCUT2D eigenvalue weighted by Gasteiger charge is -2.47. The Labute approximate surface area is 323 Å². The van der Waals surface area contributed by atoms with Gasteiger partial charge >= 0.3 is 43.3 Å². The number of hydrogen-bond acceptors (Lipinski definition) is 8. The third-order valence-electron chi connectivity index (χ3n) is 7.47. The van der Waals surface area contributed by atoms with E-state index < -0.39 is 60.1 Å². The fourth-order valence-corrected chi connectivity index (χ4v) is 27.3. The Morgan fingerprint density at radius 3 is 0.925 bits per heavy atom. The molecule has 0 radical (unpaired) electrons. The molecular weight excluding hydrogens is 749 g/mol. The predicted molar refractivity (Wildman–Crippen MR) is 226 cm³/mol. The van der Waals surface area contributed by atoms with E-state index in [2.05, 4.69) is 0 Å². The van der Waals surface area contributed by atoms with Gasteiger partial charge in [0.25, 0.3) is 0 Å². The predicted octanol–water partition coefficient (Wildman–Crippen LogP) is 6.84. The van der Waals surface area contributed by atoms with Gasteiger partial charge in [0.2, 0.25) is 0 Å². The summed E-state index contributed by atoms with van der Waals surface area (Å²) in [5.41, 5.74) is -1.99. The molecule has 0 aromatic heterocycles. The van der Waals surface area contributed by atoms with Crippen molar-refractivity contribution in [2.75, 3.05) is 0 Å². The van der Waals surface area contributed by atoms with Crippen LogP contribution in [0.5, 0.6) is 0 Å². The molecule has 0 saturated carbocycles. The average molecular weight is 809 g/mol. The minimum Gasteiger partial charge on any atom is -0.409 e. The van der Waals surface area contributed by atoms with Crippen molar-refractivity contribution in [3.8, 4) is 0 Å². The second-order valence-electron chi connectivity index (χ2n) is 17.1. The molecule has 288 valence electrons. The molecule has 0 heterocycles. The molecule has 4 aromatic rings. The highest BCUT2D eigenvalue weighted by Gasteiger charge is 2.61. The van der Waals surface area contributed by atoms with Crippen LogP contribution >= 0.6 is 0 Å². The molecule has 0 fully saturated rings. The molecular formula is C40H60O8Si5. The van der Waals surface area contributed by atoms with Crippen LogP contribution in [0.3, 0.4) is 0 Å². The van der Waals surface area contributed by atoms with Crippen molar-refractivity contribution in [2.24, 2.45) is 0 Å². The van der Waals surface area contributed by atoms with Gasteiger partial charge in [0.1, 0.15) is 0 Å². The lowest BCUT2D eigenvalue weighted by Crippen LogP contribution is -2.75. The van der Waals surface area contributed by atoms with E-state index in [0.717, 1.165) is 20.7 Å². The molecule has 0 atom stereocenters. The Kier molecular flexibility index (Phi) is 13.4. The van der Waals surface area contributed by atoms with Gasteiger partial charge in [0.15, 0.2) is 0 Å². The topological polar surface area (TPSA) is 84.8 Å². The molecule has 1 N–H and O–H groups in total. The van der Waals surface area contributed by atoms with E-state index in [9.17, 15) is 4.80 Å². The second kappa shape index (κ2) is 16.4. The van der Waals surface area contributed by atoms with Crippen LogP contribution in [-0.2, 0) is 29.7 Å². The summed E-state index contributed by atoms with van der Waals surface area (Å²) in [7, 11) is -18.2. The molecule has 0 unspecified atom stereocenters. The fourth-order valence-electron chi connectivity index (χ4n) is 5.99. The number of hydrogen-bond donors (Lipinski definition) is 1. The molecule has 0 aliphatic rings. The fraction of sp³-hybridized carbons (Fsp3) is 0.400. The third-order valence-corrected chi connectivity index (χ3v) is 26.8. The second-order valence-corrected chi connectivity index (χ2v) is 32.4. The third kappa shape index (κ3) is 12.3. The maximum absolute atomic E-state index is 12.7. The van der Waals surface area contributed by atoms with Crippen LogP contribution in [0, 0.1) is 0 Å². The highest BCUT2D eigenvalue weighted by Crippen LogP contribution is 2.34. The van der Waals surface area contributed by atoms with Crippen LogP contribution in [0.15, 0.2) is 121 Å². The van der Waals surface area contributed by atoms with E-state index in [0.29, 0.717) is 0 Å². The lowest BCUT2D eigenvalue weighted by molar-refractivity contribution is -0.117. The molecule has 0 aliphatic heterocycles. The van der Waals surface area contributed by atoms with Gasteiger partial charge in [-0.3, -0.25) is 0 Å². The summed E-state index contributed by atoms with van der Waals surface area (Å²) in [6.45, 7) is 25.7. The summed E-state index contributed by atoms with van der Waals surface area (Å²) < 4.78 is 49.7. The number of rotatable bonds is 15. The molecule has 0 bridgehead atoms. The minimum atomic E-state index is -3.97. The maximum Gasteiger partial charge on any atom is 0.671 e. The maximum atomic E-state index is 12.7. The van der Waals surface area contributed by atoms with Gasteiger partial charge in [-0.1, -0.05) is 121 Å². The Morgan fingerprint density at radius 2 is 0.642 bits per heavy atom. The van der Waals surface area contributed by atoms with Crippen LogP contribution in [0.25, 0.3) is 0 Å². The summed E-state index contributed by atoms with van der Waals surface area (Å²) in [5.74, 6) is 0. The van der Waals surface area contributed by atoms with Gasteiger partial charge in [0, 0.05) is 0 Å². The van der Waals surface area contributed by atoms with Crippen LogP contribution < -0.4 is 20.7 Å². The van der Waals surface area contributed by atoms with E-state index in [4.69, 9.17) is 29.7 Å². The first-order chi connectivity index (χ1) is 24.4. The SMILES string of the molecule is CC(C)(C)O[Si](OC(C)(C)C)(OC(C)(C)C)O[Si](C)(C)O[Si](O[Si](C)(C)O[Si](O)(c1ccccc1)c1ccccc1)(c1ccccc1)c1ccccc1. The summed E-state index contributed by atoms with van der Waals surface area (Å²) in [4.78, 5) is 12.7. The molecule has 8 nitrogen and oxygen atoms in total. The summed E-state index contributed by atoms with van der Waals surface area (Å²) in [5, 5.41) is 3.22. The molecule has 4 aromatic carbocycles. The molecule has 0 amide bonds. The van der Waals surface area contributed by atoms with Crippen molar-refractivity contribution in [3.05, 3.63) is 121 Å². The molecule has 4 rings (SSSR count). The average Bonchev–Trinajstić information content (AvgIpc) is 3.02. The quantitative estimate of drug-likeness (QED) is 0.131. The van der Waals surface area contributed by atoms with Gasteiger partial charge in [0.05, 0.1) is 16.8 Å². The van der Waals surface area contributed by atoms with E-state index in [1.165, 1.54) is 0 Å². The van der Waals surface area contributed by atoms with Crippen LogP contribution in [-0.4, -0.2) is 64.9 Å². The van der Waals surface area contributed by atoms with Gasteiger partial charge in [-0.25, -0.2) is 0 Å². The Balaban J connectivity index is 1.91. The van der Waals surface area contributed by atoms with Crippen molar-refractivity contribution in [1.82, 2.24) is 0 Å². The summed E-state index contributed by atoms with van der Waals surface area (Å²) in [6.07, 6.45) is 0. The first kappa shape index (κ1) is 43.4. The standard InChI is InChI=1S/C40H60O8Si5/c1-38(2,3)42-53(43-39(4,5)6,44-40(7,8)9)48-50(12,13)47-52(36-30-22-16-23-31-36,37-32-24-17-25-33-37)46-49(10,11)45-51(41,34-26-18-14-19-27-34)35-28-20-15-21-29-35/h14-33,41H,1-13H3. The van der Waals surface area contributed by atoms with Crippen LogP contribution in [0.1, 0.15) is 62.3 Å². The van der Waals surface area contributed by atoms with Crippen molar-refractivity contribution in [2.45, 2.75) is 105 Å². The zero-order chi connectivity index (χ0) is 39.4. The minimum absolute atomic E-state index is 0.663. The molecule has 13 heteroatoms. The van der Waals surface area contributed by atoms with E-state index >= 15 is 0 Å². The zero-order valence-electron chi connectivity index (χ0n) is 33.9. The van der Waals surface area contributed by atoms with E-state index in [1.807, 2.05) is 210 Å². The Morgan fingerprint density at radius 1 is 0.377 bits per heavy atom. The lowest BCUT2D eigenvalue weighted by atomic mass is 10.2. The van der Waals surface area contributed by atoms with E-state index in [1.54, 1.807) is 0 Å². The van der Waals surface area contributed by atoms with Gasteiger partial charge in [-0.05, 0) is 109 Å². The molecule has 0 saturated heterocycles. The highest BCUT2D eigenvalue weighted by atomic mass is 28.5. The monoisotopic (exact) mass is 808 g/mol. The zero-order valence-corrected chi connectivity index (χ0v) is 38.9. The first-order valence-corrected chi connectivity index (χ1v) is 29.2. The smallest absolute Gasteiger partial charge is 0.409 e. The summed E-state index contributed by atoms with van der Waals surface area (Å²) >= 11 is 0. The van der Waals surface area contributed by atoms with Crippen molar-refractivity contribution >= 4 is 64.0 Å². The molecule has 53 heavy (non-hydrogen) atoms. The highest BCUT2D eigenvalue weighted by molar-refractivity contribution is 7.03. The normalized spacial score (nSPS) is 14.0. The summed E-state index contributed by atoms with van der Waals surface area (Å²) in [6, 6.07) is 39.3. The molecule has 0 spiro atoms. The van der Waals surface area contributed by atoms with Crippen LogP contribution in [0.4, 0.5) is 0 Å². The van der Waals surface area contributed by atoms with Crippen molar-refractivity contribution < 1.29 is 34.5 Å². The number of benzene rings is 4. The van der Waals surface area contributed by atoms with Gasteiger partial charge < -0.3 is 34.5 Å². The Hall–Kier alpha value is -2.36. The largest absolute Gasteiger partial charge is 0.671 e. The molecule has 0 aliphatic carbocycles.